The molecule has 19 heavy (non-hydrogen) atoms. The third-order valence-electron chi connectivity index (χ3n) is 2.92. The van der Waals surface area contributed by atoms with Crippen LogP contribution in [-0.4, -0.2) is 16.8 Å². The maximum Gasteiger partial charge on any atom is 0.224 e. The van der Waals surface area contributed by atoms with Crippen LogP contribution in [0, 0.1) is 0 Å². The third-order valence-corrected chi connectivity index (χ3v) is 3.77. The Morgan fingerprint density at radius 3 is 3.05 bits per heavy atom. The lowest BCUT2D eigenvalue weighted by molar-refractivity contribution is -0.116. The van der Waals surface area contributed by atoms with Gasteiger partial charge in [0.1, 0.15) is 0 Å². The summed E-state index contributed by atoms with van der Waals surface area (Å²) < 4.78 is 0. The molecule has 0 unspecified atom stereocenters. The zero-order valence-corrected chi connectivity index (χ0v) is 11.8. The Morgan fingerprint density at radius 2 is 2.26 bits per heavy atom. The zero-order valence-electron chi connectivity index (χ0n) is 10.9. The number of anilines is 1. The summed E-state index contributed by atoms with van der Waals surface area (Å²) in [5.74, 6) is 0.921. The Balaban J connectivity index is 1.93. The molecule has 2 rings (SSSR count). The highest BCUT2D eigenvalue weighted by Gasteiger charge is 2.13. The zero-order chi connectivity index (χ0) is 13.7. The molecule has 0 saturated heterocycles. The molecule has 1 aromatic rings. The Hall–Kier alpha value is -1.55. The normalized spacial score (nSPS) is 14.3. The molecule has 1 aliphatic rings. The van der Waals surface area contributed by atoms with E-state index in [1.807, 2.05) is 12.1 Å². The molecule has 0 aliphatic carbocycles. The van der Waals surface area contributed by atoms with Crippen LogP contribution in [0.25, 0.3) is 6.08 Å². The van der Waals surface area contributed by atoms with Crippen LogP contribution in [0.1, 0.15) is 30.9 Å². The predicted molar refractivity (Wildman–Crippen MR) is 80.2 cm³/mol. The highest BCUT2D eigenvalue weighted by molar-refractivity contribution is 8.13. The average molecular weight is 275 g/mol. The smallest absolute Gasteiger partial charge is 0.224 e. The van der Waals surface area contributed by atoms with Gasteiger partial charge in [0.15, 0.2) is 5.12 Å². The van der Waals surface area contributed by atoms with Crippen LogP contribution in [-0.2, 0) is 16.0 Å². The second-order valence-corrected chi connectivity index (χ2v) is 5.77. The molecule has 0 radical (unpaired) electrons. The second-order valence-electron chi connectivity index (χ2n) is 4.50. The van der Waals surface area contributed by atoms with Gasteiger partial charge in [-0.3, -0.25) is 9.59 Å². The van der Waals surface area contributed by atoms with Crippen molar-refractivity contribution >= 4 is 34.5 Å². The van der Waals surface area contributed by atoms with Crippen molar-refractivity contribution in [1.82, 2.24) is 0 Å². The van der Waals surface area contributed by atoms with Gasteiger partial charge in [-0.25, -0.2) is 0 Å². The fourth-order valence-electron chi connectivity index (χ4n) is 2.00. The molecule has 100 valence electrons. The number of hydrogen-bond donors (Lipinski definition) is 1. The van der Waals surface area contributed by atoms with E-state index in [9.17, 15) is 9.59 Å². The van der Waals surface area contributed by atoms with Crippen LogP contribution in [0.15, 0.2) is 24.3 Å². The number of nitrogens with one attached hydrogen (secondary N) is 1. The minimum absolute atomic E-state index is 0.0945. The third kappa shape index (κ3) is 4.24. The topological polar surface area (TPSA) is 46.2 Å². The number of carbonyl (C=O) groups excluding carboxylic acids is 2. The number of carbonyl (C=O) groups is 2. The minimum Gasteiger partial charge on any atom is -0.326 e. The molecule has 3 nitrogen and oxygen atoms in total. The van der Waals surface area contributed by atoms with Gasteiger partial charge in [-0.1, -0.05) is 30.0 Å². The van der Waals surface area contributed by atoms with Crippen LogP contribution in [0.2, 0.25) is 0 Å². The lowest BCUT2D eigenvalue weighted by atomic mass is 10.0. The van der Waals surface area contributed by atoms with Crippen molar-refractivity contribution in [2.75, 3.05) is 11.1 Å². The monoisotopic (exact) mass is 275 g/mol. The lowest BCUT2D eigenvalue weighted by Gasteiger charge is -2.16. The molecule has 0 spiro atoms. The number of aryl methyl sites for hydroxylation is 1. The summed E-state index contributed by atoms with van der Waals surface area (Å²) >= 11 is 1.35. The first-order valence-corrected chi connectivity index (χ1v) is 7.36. The highest BCUT2D eigenvalue weighted by Crippen LogP contribution is 2.24. The van der Waals surface area contributed by atoms with Crippen LogP contribution in [0.4, 0.5) is 5.69 Å². The molecule has 4 heteroatoms. The first kappa shape index (κ1) is 13.9. The molecule has 1 N–H and O–H groups in total. The fourth-order valence-corrected chi connectivity index (χ4v) is 2.54. The van der Waals surface area contributed by atoms with Gasteiger partial charge >= 0.3 is 0 Å². The second kappa shape index (κ2) is 6.57. The SMILES string of the molecule is CC(=O)SCCC=Cc1ccc2c(c1)CCC(=O)N2. The molecule has 1 amide bonds. The van der Waals surface area contributed by atoms with Gasteiger partial charge in [-0.15, -0.1) is 0 Å². The predicted octanol–water partition coefficient (Wildman–Crippen LogP) is 3.25. The molecular weight excluding hydrogens is 258 g/mol. The molecule has 1 heterocycles. The van der Waals surface area contributed by atoms with E-state index >= 15 is 0 Å². The first-order chi connectivity index (χ1) is 9.15. The van der Waals surface area contributed by atoms with E-state index in [4.69, 9.17) is 0 Å². The minimum atomic E-state index is 0.0945. The van der Waals surface area contributed by atoms with Crippen molar-refractivity contribution in [3.8, 4) is 0 Å². The van der Waals surface area contributed by atoms with Crippen molar-refractivity contribution in [2.45, 2.75) is 26.2 Å². The molecular formula is C15H17NO2S. The summed E-state index contributed by atoms with van der Waals surface area (Å²) in [6.45, 7) is 1.59. The van der Waals surface area contributed by atoms with E-state index in [1.54, 1.807) is 6.92 Å². The molecule has 1 aliphatic heterocycles. The summed E-state index contributed by atoms with van der Waals surface area (Å²) in [6, 6.07) is 6.07. The van der Waals surface area contributed by atoms with Crippen LogP contribution < -0.4 is 5.32 Å². The first-order valence-electron chi connectivity index (χ1n) is 6.38. The number of fused-ring (bicyclic) bond motifs is 1. The van der Waals surface area contributed by atoms with Gasteiger partial charge in [0, 0.05) is 24.8 Å². The number of hydrogen-bond acceptors (Lipinski definition) is 3. The van der Waals surface area contributed by atoms with Crippen molar-refractivity contribution in [3.05, 3.63) is 35.4 Å². The highest BCUT2D eigenvalue weighted by atomic mass is 32.2. The maximum atomic E-state index is 11.3. The van der Waals surface area contributed by atoms with E-state index < -0.39 is 0 Å². The van der Waals surface area contributed by atoms with Crippen molar-refractivity contribution in [1.29, 1.82) is 0 Å². The largest absolute Gasteiger partial charge is 0.326 e. The van der Waals surface area contributed by atoms with E-state index in [2.05, 4.69) is 23.5 Å². The van der Waals surface area contributed by atoms with Crippen LogP contribution in [0.3, 0.4) is 0 Å². The van der Waals surface area contributed by atoms with Crippen molar-refractivity contribution in [2.24, 2.45) is 0 Å². The van der Waals surface area contributed by atoms with Gasteiger partial charge in [0.2, 0.25) is 5.91 Å². The molecule has 1 aromatic carbocycles. The Morgan fingerprint density at radius 1 is 1.42 bits per heavy atom. The number of thioether (sulfide) groups is 1. The molecule has 0 fully saturated rings. The maximum absolute atomic E-state index is 11.3. The van der Waals surface area contributed by atoms with Gasteiger partial charge in [-0.05, 0) is 36.1 Å². The van der Waals surface area contributed by atoms with Gasteiger partial charge in [0.05, 0.1) is 0 Å². The van der Waals surface area contributed by atoms with Crippen LogP contribution in [0.5, 0.6) is 0 Å². The number of allylic oxidation sites excluding steroid dienone is 1. The number of amides is 1. The number of benzene rings is 1. The fraction of sp³-hybridized carbons (Fsp3) is 0.333. The Labute approximate surface area is 117 Å². The Bertz CT molecular complexity index is 523. The van der Waals surface area contributed by atoms with Gasteiger partial charge < -0.3 is 5.32 Å². The van der Waals surface area contributed by atoms with E-state index in [-0.39, 0.29) is 11.0 Å². The summed E-state index contributed by atoms with van der Waals surface area (Å²) in [5.41, 5.74) is 3.27. The summed E-state index contributed by atoms with van der Waals surface area (Å²) in [5, 5.41) is 3.04. The Kier molecular flexibility index (Phi) is 4.80. The van der Waals surface area contributed by atoms with E-state index in [0.29, 0.717) is 6.42 Å². The number of rotatable bonds is 4. The van der Waals surface area contributed by atoms with Crippen molar-refractivity contribution in [3.63, 3.8) is 0 Å². The quantitative estimate of drug-likeness (QED) is 0.858. The molecule has 0 bridgehead atoms. The summed E-state index contributed by atoms with van der Waals surface area (Å²) in [4.78, 5) is 22.0. The average Bonchev–Trinajstić information content (AvgIpc) is 2.38. The standard InChI is InChI=1S/C15H17NO2S/c1-11(17)19-9-3-2-4-12-5-7-14-13(10-12)6-8-15(18)16-14/h2,4-5,7,10H,3,6,8-9H2,1H3,(H,16,18). The van der Waals surface area contributed by atoms with Crippen molar-refractivity contribution < 1.29 is 9.59 Å². The molecule has 0 atom stereocenters. The van der Waals surface area contributed by atoms with Crippen LogP contribution >= 0.6 is 11.8 Å². The molecule has 0 saturated carbocycles. The van der Waals surface area contributed by atoms with Gasteiger partial charge in [0.25, 0.3) is 0 Å². The lowest BCUT2D eigenvalue weighted by Crippen LogP contribution is -2.18. The summed E-state index contributed by atoms with van der Waals surface area (Å²) in [6.07, 6.45) is 6.41. The molecule has 0 aromatic heterocycles. The van der Waals surface area contributed by atoms with Gasteiger partial charge in [-0.2, -0.15) is 0 Å². The van der Waals surface area contributed by atoms with E-state index in [0.717, 1.165) is 29.8 Å². The summed E-state index contributed by atoms with van der Waals surface area (Å²) in [7, 11) is 0. The van der Waals surface area contributed by atoms with E-state index in [1.165, 1.54) is 17.3 Å².